The first-order valence-corrected chi connectivity index (χ1v) is 14.0. The summed E-state index contributed by atoms with van der Waals surface area (Å²) in [5.74, 6) is 0.237. The lowest BCUT2D eigenvalue weighted by atomic mass is 9.63. The Morgan fingerprint density at radius 1 is 1.02 bits per heavy atom. The summed E-state index contributed by atoms with van der Waals surface area (Å²) in [4.78, 5) is 0. The fourth-order valence-electron chi connectivity index (χ4n) is 5.83. The minimum atomic E-state index is -5.85. The van der Waals surface area contributed by atoms with Gasteiger partial charge in [0, 0.05) is 13.5 Å². The highest BCUT2D eigenvalue weighted by atomic mass is 19.4. The molecule has 2 unspecified atom stereocenters. The van der Waals surface area contributed by atoms with Crippen LogP contribution in [0.2, 0.25) is 0 Å². The van der Waals surface area contributed by atoms with Crippen molar-refractivity contribution >= 4 is 0 Å². The van der Waals surface area contributed by atoms with Crippen molar-refractivity contribution in [2.24, 2.45) is 11.3 Å². The summed E-state index contributed by atoms with van der Waals surface area (Å²) in [6.07, 6.45) is 0.652. The van der Waals surface area contributed by atoms with E-state index < -0.39 is 24.1 Å². The molecule has 40 heavy (non-hydrogen) atoms. The molecule has 9 heteroatoms. The second kappa shape index (κ2) is 16.2. The van der Waals surface area contributed by atoms with Crippen molar-refractivity contribution in [3.05, 3.63) is 47.1 Å². The van der Waals surface area contributed by atoms with Gasteiger partial charge in [-0.05, 0) is 68.8 Å². The van der Waals surface area contributed by atoms with Crippen molar-refractivity contribution in [2.45, 2.75) is 130 Å². The molecule has 3 aliphatic rings. The fraction of sp³-hybridized carbons (Fsp3) is 0.742. The summed E-state index contributed by atoms with van der Waals surface area (Å²) in [7, 11) is 1.64. The van der Waals surface area contributed by atoms with Gasteiger partial charge in [-0.2, -0.15) is 26.3 Å². The highest BCUT2D eigenvalue weighted by molar-refractivity contribution is 5.34. The Morgan fingerprint density at radius 3 is 2.17 bits per heavy atom. The van der Waals surface area contributed by atoms with Crippen molar-refractivity contribution in [1.82, 2.24) is 0 Å². The highest BCUT2D eigenvalue weighted by Crippen LogP contribution is 2.56. The lowest BCUT2D eigenvalue weighted by molar-refractivity contribution is -0.347. The monoisotopic (exact) mass is 584 g/mol. The van der Waals surface area contributed by atoms with E-state index in [4.69, 9.17) is 4.74 Å². The number of rotatable bonds is 6. The van der Waals surface area contributed by atoms with Crippen molar-refractivity contribution in [3.8, 4) is 0 Å². The molecule has 2 fully saturated rings. The van der Waals surface area contributed by atoms with E-state index in [-0.39, 0.29) is 37.4 Å². The number of fused-ring (bicyclic) bond motifs is 1. The van der Waals surface area contributed by atoms with Crippen LogP contribution in [-0.4, -0.2) is 47.5 Å². The molecule has 0 bridgehead atoms. The SMILES string of the molecule is C.CC.CC.COC1C/C(=C/C=C2\CCC[C@]3(C)C(CC/C=C\C(O)(C(F)(F)F)C(F)(F)F)=CCC23)C[C@@H](O)C1. The summed E-state index contributed by atoms with van der Waals surface area (Å²) in [5.41, 5.74) is -1.58. The molecule has 0 heterocycles. The van der Waals surface area contributed by atoms with Crippen molar-refractivity contribution < 1.29 is 41.3 Å². The second-order valence-electron chi connectivity index (χ2n) is 10.2. The van der Waals surface area contributed by atoms with Gasteiger partial charge in [-0.1, -0.05) is 83.1 Å². The Kier molecular flexibility index (Phi) is 15.5. The van der Waals surface area contributed by atoms with E-state index in [1.165, 1.54) is 5.57 Å². The van der Waals surface area contributed by atoms with Crippen LogP contribution in [0.25, 0.3) is 0 Å². The molecule has 4 atom stereocenters. The third kappa shape index (κ3) is 8.96. The smallest absolute Gasteiger partial charge is 0.393 e. The number of halogens is 6. The van der Waals surface area contributed by atoms with Crippen LogP contribution in [0.4, 0.5) is 26.3 Å². The van der Waals surface area contributed by atoms with E-state index in [1.807, 2.05) is 27.7 Å². The molecule has 0 saturated heterocycles. The van der Waals surface area contributed by atoms with Gasteiger partial charge in [0.2, 0.25) is 0 Å². The maximum absolute atomic E-state index is 12.9. The molecule has 2 saturated carbocycles. The van der Waals surface area contributed by atoms with E-state index >= 15 is 0 Å². The first-order chi connectivity index (χ1) is 18.2. The lowest BCUT2D eigenvalue weighted by Crippen LogP contribution is -2.55. The Hall–Kier alpha value is -1.58. The molecule has 0 aliphatic heterocycles. The van der Waals surface area contributed by atoms with E-state index in [0.29, 0.717) is 19.3 Å². The quantitative estimate of drug-likeness (QED) is 0.242. The van der Waals surface area contributed by atoms with Crippen molar-refractivity contribution in [1.29, 1.82) is 0 Å². The molecule has 3 rings (SSSR count). The third-order valence-electron chi connectivity index (χ3n) is 7.90. The molecule has 0 radical (unpaired) electrons. The Morgan fingerprint density at radius 2 is 1.62 bits per heavy atom. The standard InChI is InChI=1S/C26H34F6O3.2C2H6.CH4/c1-23-12-5-6-18(9-8-17-14-20(33)16-21(15-17)35-2)22(23)11-10-19(23)7-3-4-13-24(34,25(27,28)29)26(30,31)32;2*1-2;/h4,8-10,13,20-22,33-34H,3,5-7,11-12,14-16H2,1-2H3;2*1-2H3;1H4/b13-4-,17-8+,18-9+;;;/t20-,21?,22?,23-;;;/m1.../s1. The Labute approximate surface area is 237 Å². The summed E-state index contributed by atoms with van der Waals surface area (Å²) >= 11 is 0. The predicted octanol–water partition coefficient (Wildman–Crippen LogP) is 9.42. The zero-order valence-corrected chi connectivity index (χ0v) is 24.1. The normalized spacial score (nSPS) is 29.1. The number of ether oxygens (including phenoxy) is 1. The van der Waals surface area contributed by atoms with Crippen molar-refractivity contribution in [3.63, 3.8) is 0 Å². The van der Waals surface area contributed by atoms with E-state index in [0.717, 1.165) is 49.3 Å². The van der Waals surface area contributed by atoms with Gasteiger partial charge in [0.15, 0.2) is 0 Å². The molecular weight excluding hydrogens is 534 g/mol. The summed E-state index contributed by atoms with van der Waals surface area (Å²) in [5, 5.41) is 19.4. The maximum atomic E-state index is 12.9. The predicted molar refractivity (Wildman–Crippen MR) is 150 cm³/mol. The average molecular weight is 585 g/mol. The molecular formula is C31H50F6O3. The molecule has 0 spiro atoms. The summed E-state index contributed by atoms with van der Waals surface area (Å²) in [6, 6.07) is 0. The maximum Gasteiger partial charge on any atom is 0.429 e. The summed E-state index contributed by atoms with van der Waals surface area (Å²) < 4.78 is 82.6. The molecule has 234 valence electrons. The second-order valence-corrected chi connectivity index (χ2v) is 10.2. The van der Waals surface area contributed by atoms with Gasteiger partial charge in [-0.15, -0.1) is 0 Å². The first-order valence-electron chi connectivity index (χ1n) is 14.0. The molecule has 2 N–H and O–H groups in total. The summed E-state index contributed by atoms with van der Waals surface area (Å²) in [6.45, 7) is 10.1. The van der Waals surface area contributed by atoms with Crippen LogP contribution in [0.15, 0.2) is 47.1 Å². The molecule has 3 aliphatic carbocycles. The average Bonchev–Trinajstić information content (AvgIpc) is 3.22. The zero-order valence-electron chi connectivity index (χ0n) is 24.1. The van der Waals surface area contributed by atoms with Crippen LogP contribution in [0.5, 0.6) is 0 Å². The molecule has 0 amide bonds. The van der Waals surface area contributed by atoms with Gasteiger partial charge >= 0.3 is 12.4 Å². The Balaban J connectivity index is 0.00000291. The van der Waals surface area contributed by atoms with Crippen LogP contribution >= 0.6 is 0 Å². The number of hydrogen-bond donors (Lipinski definition) is 2. The van der Waals surface area contributed by atoms with Gasteiger partial charge in [0.25, 0.3) is 5.60 Å². The van der Waals surface area contributed by atoms with Gasteiger partial charge in [0.05, 0.1) is 12.2 Å². The van der Waals surface area contributed by atoms with Crippen LogP contribution in [-0.2, 0) is 4.74 Å². The largest absolute Gasteiger partial charge is 0.429 e. The van der Waals surface area contributed by atoms with Crippen LogP contribution in [0.3, 0.4) is 0 Å². The molecule has 3 nitrogen and oxygen atoms in total. The van der Waals surface area contributed by atoms with Crippen LogP contribution in [0, 0.1) is 11.3 Å². The number of alkyl halides is 6. The van der Waals surface area contributed by atoms with Gasteiger partial charge < -0.3 is 14.9 Å². The Bertz CT molecular complexity index is 870. The molecule has 0 aromatic carbocycles. The van der Waals surface area contributed by atoms with E-state index in [1.54, 1.807) is 7.11 Å². The number of hydrogen-bond acceptors (Lipinski definition) is 3. The highest BCUT2D eigenvalue weighted by Gasteiger charge is 2.68. The topological polar surface area (TPSA) is 49.7 Å². The number of methoxy groups -OCH3 is 1. The number of aliphatic hydroxyl groups excluding tert-OH is 1. The van der Waals surface area contributed by atoms with Crippen LogP contribution < -0.4 is 0 Å². The third-order valence-corrected chi connectivity index (χ3v) is 7.90. The minimum Gasteiger partial charge on any atom is -0.393 e. The number of allylic oxidation sites excluding steroid dienone is 6. The zero-order chi connectivity index (χ0) is 30.1. The van der Waals surface area contributed by atoms with Crippen molar-refractivity contribution in [2.75, 3.05) is 7.11 Å². The van der Waals surface area contributed by atoms with Gasteiger partial charge in [-0.3, -0.25) is 0 Å². The van der Waals surface area contributed by atoms with Gasteiger partial charge in [-0.25, -0.2) is 0 Å². The van der Waals surface area contributed by atoms with E-state index in [9.17, 15) is 36.6 Å². The molecule has 0 aromatic rings. The lowest BCUT2D eigenvalue weighted by Gasteiger charge is -2.41. The van der Waals surface area contributed by atoms with Crippen LogP contribution in [0.1, 0.15) is 99.8 Å². The minimum absolute atomic E-state index is 0. The molecule has 0 aromatic heterocycles. The fourth-order valence-corrected chi connectivity index (χ4v) is 5.83. The van der Waals surface area contributed by atoms with E-state index in [2.05, 4.69) is 25.2 Å². The van der Waals surface area contributed by atoms with Gasteiger partial charge in [0.1, 0.15) is 0 Å². The number of aliphatic hydroxyl groups is 2. The first kappa shape index (κ1) is 38.4.